The monoisotopic (exact) mass is 362 g/mol. The van der Waals surface area contributed by atoms with Crippen LogP contribution in [-0.4, -0.2) is 19.2 Å². The minimum absolute atomic E-state index is 0.307. The lowest BCUT2D eigenvalue weighted by atomic mass is 9.98. The zero-order valence-corrected chi connectivity index (χ0v) is 16.2. The zero-order valence-electron chi connectivity index (χ0n) is 16.2. The van der Waals surface area contributed by atoms with Crippen LogP contribution in [0.3, 0.4) is 0 Å². The van der Waals surface area contributed by atoms with Gasteiger partial charge in [-0.25, -0.2) is 4.79 Å². The number of carbonyl (C=O) groups excluding carboxylic acids is 1. The Morgan fingerprint density at radius 1 is 1.33 bits per heavy atom. The molecule has 0 saturated heterocycles. The molecule has 1 aliphatic heterocycles. The molecule has 1 heterocycles. The Morgan fingerprint density at radius 3 is 2.89 bits per heavy atom. The molecule has 0 aliphatic carbocycles. The molecule has 0 atom stereocenters. The number of benzene rings is 2. The quantitative estimate of drug-likeness (QED) is 0.768. The molecule has 1 aliphatic rings. The van der Waals surface area contributed by atoms with Gasteiger partial charge in [-0.05, 0) is 48.4 Å². The first-order chi connectivity index (χ1) is 13.0. The lowest BCUT2D eigenvalue weighted by Crippen LogP contribution is -2.29. The number of carbonyl (C=O) groups is 1. The first-order valence-corrected chi connectivity index (χ1v) is 9.39. The number of hydrogen-bond donors (Lipinski definition) is 1. The summed E-state index contributed by atoms with van der Waals surface area (Å²) < 4.78 is 5.57. The standard InChI is InChI=1S/C23H26N2O2/c1-5-13-25-14-7-9-18-11-12-19(15-21(18)25)27-23(26)24-22-17(4)8-6-10-20(22)16(2)3/h1,6,8,10-12,15-16H,7,9,13-14H2,2-4H3,(H,24,26). The van der Waals surface area contributed by atoms with E-state index in [0.29, 0.717) is 18.2 Å². The maximum absolute atomic E-state index is 12.5. The van der Waals surface area contributed by atoms with Crippen molar-refractivity contribution in [3.05, 3.63) is 53.1 Å². The van der Waals surface area contributed by atoms with Crippen LogP contribution in [0, 0.1) is 19.3 Å². The van der Waals surface area contributed by atoms with E-state index in [2.05, 4.69) is 30.0 Å². The van der Waals surface area contributed by atoms with Crippen LogP contribution in [0.5, 0.6) is 5.75 Å². The maximum Gasteiger partial charge on any atom is 0.417 e. The Morgan fingerprint density at radius 2 is 2.15 bits per heavy atom. The fourth-order valence-electron chi connectivity index (χ4n) is 3.55. The summed E-state index contributed by atoms with van der Waals surface area (Å²) in [6.07, 6.45) is 7.11. The third kappa shape index (κ3) is 4.25. The van der Waals surface area contributed by atoms with Gasteiger partial charge in [-0.1, -0.05) is 44.0 Å². The molecule has 3 rings (SSSR count). The van der Waals surface area contributed by atoms with Crippen molar-refractivity contribution in [3.63, 3.8) is 0 Å². The van der Waals surface area contributed by atoms with Crippen molar-refractivity contribution in [2.45, 2.75) is 39.5 Å². The number of fused-ring (bicyclic) bond motifs is 1. The van der Waals surface area contributed by atoms with Gasteiger partial charge in [0.15, 0.2) is 0 Å². The number of nitrogens with one attached hydrogen (secondary N) is 1. The minimum Gasteiger partial charge on any atom is -0.410 e. The Balaban J connectivity index is 1.78. The lowest BCUT2D eigenvalue weighted by molar-refractivity contribution is 0.215. The highest BCUT2D eigenvalue weighted by Crippen LogP contribution is 2.31. The van der Waals surface area contributed by atoms with Gasteiger partial charge >= 0.3 is 6.09 Å². The first-order valence-electron chi connectivity index (χ1n) is 9.39. The number of terminal acetylenes is 1. The van der Waals surface area contributed by atoms with E-state index in [0.717, 1.165) is 41.9 Å². The van der Waals surface area contributed by atoms with Gasteiger partial charge in [-0.2, -0.15) is 0 Å². The smallest absolute Gasteiger partial charge is 0.410 e. The molecule has 1 amide bonds. The van der Waals surface area contributed by atoms with Crippen LogP contribution in [-0.2, 0) is 6.42 Å². The number of para-hydroxylation sites is 1. The molecule has 2 aromatic rings. The van der Waals surface area contributed by atoms with Crippen molar-refractivity contribution in [1.29, 1.82) is 0 Å². The van der Waals surface area contributed by atoms with Gasteiger partial charge in [0.25, 0.3) is 0 Å². The van der Waals surface area contributed by atoms with E-state index in [1.807, 2.05) is 43.3 Å². The van der Waals surface area contributed by atoms with E-state index >= 15 is 0 Å². The predicted molar refractivity (Wildman–Crippen MR) is 111 cm³/mol. The van der Waals surface area contributed by atoms with Crippen molar-refractivity contribution in [3.8, 4) is 18.1 Å². The SMILES string of the molecule is C#CCN1CCCc2ccc(OC(=O)Nc3c(C)cccc3C(C)C)cc21. The highest BCUT2D eigenvalue weighted by molar-refractivity contribution is 5.88. The minimum atomic E-state index is -0.481. The summed E-state index contributed by atoms with van der Waals surface area (Å²) in [7, 11) is 0. The zero-order chi connectivity index (χ0) is 19.4. The molecule has 140 valence electrons. The van der Waals surface area contributed by atoms with Crippen LogP contribution in [0.2, 0.25) is 0 Å². The van der Waals surface area contributed by atoms with Crippen LogP contribution in [0.15, 0.2) is 36.4 Å². The summed E-state index contributed by atoms with van der Waals surface area (Å²) in [5.41, 5.74) is 5.24. The summed E-state index contributed by atoms with van der Waals surface area (Å²) in [5.74, 6) is 3.53. The van der Waals surface area contributed by atoms with Crippen LogP contribution in [0.4, 0.5) is 16.2 Å². The molecule has 2 aromatic carbocycles. The van der Waals surface area contributed by atoms with Gasteiger partial charge in [0.05, 0.1) is 12.2 Å². The van der Waals surface area contributed by atoms with Crippen molar-refractivity contribution in [2.75, 3.05) is 23.3 Å². The average Bonchev–Trinajstić information content (AvgIpc) is 2.64. The average molecular weight is 362 g/mol. The second-order valence-corrected chi connectivity index (χ2v) is 7.23. The lowest BCUT2D eigenvalue weighted by Gasteiger charge is -2.30. The fraction of sp³-hybridized carbons (Fsp3) is 0.348. The second kappa shape index (κ2) is 8.18. The van der Waals surface area contributed by atoms with Gasteiger partial charge in [0, 0.05) is 18.3 Å². The van der Waals surface area contributed by atoms with E-state index in [-0.39, 0.29) is 0 Å². The van der Waals surface area contributed by atoms with Gasteiger partial charge in [0.2, 0.25) is 0 Å². The number of nitrogens with zero attached hydrogens (tertiary/aromatic N) is 1. The number of hydrogen-bond acceptors (Lipinski definition) is 3. The molecule has 0 fully saturated rings. The van der Waals surface area contributed by atoms with Crippen LogP contribution >= 0.6 is 0 Å². The molecular formula is C23H26N2O2. The summed E-state index contributed by atoms with van der Waals surface area (Å²) in [5, 5.41) is 2.92. The molecule has 0 bridgehead atoms. The number of ether oxygens (including phenoxy) is 1. The van der Waals surface area contributed by atoms with Gasteiger partial charge < -0.3 is 9.64 Å². The van der Waals surface area contributed by atoms with Crippen molar-refractivity contribution >= 4 is 17.5 Å². The van der Waals surface area contributed by atoms with E-state index in [9.17, 15) is 4.79 Å². The normalized spacial score (nSPS) is 13.1. The molecule has 27 heavy (non-hydrogen) atoms. The van der Waals surface area contributed by atoms with Crippen molar-refractivity contribution in [1.82, 2.24) is 0 Å². The first kappa shape index (κ1) is 18.8. The Kier molecular flexibility index (Phi) is 5.71. The van der Waals surface area contributed by atoms with E-state index in [1.54, 1.807) is 0 Å². The molecule has 0 unspecified atom stereocenters. The molecular weight excluding hydrogens is 336 g/mol. The largest absolute Gasteiger partial charge is 0.417 e. The topological polar surface area (TPSA) is 41.6 Å². The summed E-state index contributed by atoms with van der Waals surface area (Å²) in [4.78, 5) is 14.7. The second-order valence-electron chi connectivity index (χ2n) is 7.23. The molecule has 1 N–H and O–H groups in total. The molecule has 0 spiro atoms. The Hall–Kier alpha value is -2.93. The maximum atomic E-state index is 12.5. The molecule has 0 radical (unpaired) electrons. The molecule has 4 heteroatoms. The number of amides is 1. The molecule has 4 nitrogen and oxygen atoms in total. The summed E-state index contributed by atoms with van der Waals surface area (Å²) in [6.45, 7) is 7.68. The number of rotatable bonds is 4. The van der Waals surface area contributed by atoms with Crippen LogP contribution in [0.25, 0.3) is 0 Å². The summed E-state index contributed by atoms with van der Waals surface area (Å²) >= 11 is 0. The molecule has 0 aromatic heterocycles. The van der Waals surface area contributed by atoms with Crippen LogP contribution < -0.4 is 15.0 Å². The van der Waals surface area contributed by atoms with E-state index < -0.39 is 6.09 Å². The van der Waals surface area contributed by atoms with E-state index in [4.69, 9.17) is 11.2 Å². The highest BCUT2D eigenvalue weighted by Gasteiger charge is 2.18. The van der Waals surface area contributed by atoms with Gasteiger partial charge in [-0.15, -0.1) is 6.42 Å². The van der Waals surface area contributed by atoms with Crippen molar-refractivity contribution in [2.24, 2.45) is 0 Å². The predicted octanol–water partition coefficient (Wildman–Crippen LogP) is 5.12. The van der Waals surface area contributed by atoms with Gasteiger partial charge in [-0.3, -0.25) is 5.32 Å². The summed E-state index contributed by atoms with van der Waals surface area (Å²) in [6, 6.07) is 11.8. The van der Waals surface area contributed by atoms with Crippen molar-refractivity contribution < 1.29 is 9.53 Å². The highest BCUT2D eigenvalue weighted by atomic mass is 16.6. The molecule has 0 saturated carbocycles. The Bertz CT molecular complexity index is 880. The van der Waals surface area contributed by atoms with E-state index in [1.165, 1.54) is 5.56 Å². The van der Waals surface area contributed by atoms with Gasteiger partial charge in [0.1, 0.15) is 5.75 Å². The number of aryl methyl sites for hydroxylation is 2. The number of anilines is 2. The Labute approximate surface area is 161 Å². The fourth-order valence-corrected chi connectivity index (χ4v) is 3.55. The third-order valence-corrected chi connectivity index (χ3v) is 4.92. The third-order valence-electron chi connectivity index (χ3n) is 4.92. The van der Waals surface area contributed by atoms with Crippen LogP contribution in [0.1, 0.15) is 42.9 Å².